The number of halogens is 2. The number of rotatable bonds is 4. The highest BCUT2D eigenvalue weighted by Gasteiger charge is 2.19. The van der Waals surface area contributed by atoms with Gasteiger partial charge in [0.25, 0.3) is 0 Å². The molecule has 0 atom stereocenters. The Labute approximate surface area is 130 Å². The lowest BCUT2D eigenvalue weighted by molar-refractivity contribution is 0.414. The van der Waals surface area contributed by atoms with Gasteiger partial charge in [-0.3, -0.25) is 0 Å². The number of anilines is 1. The van der Waals surface area contributed by atoms with Crippen molar-refractivity contribution >= 4 is 31.5 Å². The molecule has 7 heteroatoms. The normalized spacial score (nSPS) is 11.4. The zero-order valence-electron chi connectivity index (χ0n) is 11.1. The van der Waals surface area contributed by atoms with Crippen molar-refractivity contribution in [1.29, 1.82) is 0 Å². The maximum Gasteiger partial charge on any atom is 0.182 e. The van der Waals surface area contributed by atoms with Crippen LogP contribution in [0.3, 0.4) is 0 Å². The van der Waals surface area contributed by atoms with Crippen LogP contribution in [0.15, 0.2) is 45.8 Å². The predicted molar refractivity (Wildman–Crippen MR) is 82.4 cm³/mol. The van der Waals surface area contributed by atoms with Crippen LogP contribution in [0.4, 0.5) is 10.1 Å². The average molecular weight is 374 g/mol. The Morgan fingerprint density at radius 3 is 2.57 bits per heavy atom. The van der Waals surface area contributed by atoms with E-state index < -0.39 is 15.7 Å². The molecule has 0 aromatic heterocycles. The topological polar surface area (TPSA) is 69.4 Å². The number of nitrogens with two attached hydrogens (primary N) is 1. The molecule has 0 fully saturated rings. The second-order valence-electron chi connectivity index (χ2n) is 4.40. The van der Waals surface area contributed by atoms with E-state index >= 15 is 0 Å². The quantitative estimate of drug-likeness (QED) is 0.835. The molecule has 2 aromatic rings. The van der Waals surface area contributed by atoms with Crippen LogP contribution in [0, 0.1) is 5.82 Å². The fourth-order valence-corrected chi connectivity index (χ4v) is 3.72. The summed E-state index contributed by atoms with van der Waals surface area (Å²) >= 11 is 3.30. The van der Waals surface area contributed by atoms with E-state index in [1.165, 1.54) is 19.2 Å². The number of methoxy groups -OCH3 is 1. The minimum Gasteiger partial charge on any atom is -0.497 e. The summed E-state index contributed by atoms with van der Waals surface area (Å²) in [7, 11) is -2.18. The lowest BCUT2D eigenvalue weighted by atomic mass is 10.2. The van der Waals surface area contributed by atoms with E-state index in [4.69, 9.17) is 10.5 Å². The predicted octanol–water partition coefficient (Wildman–Crippen LogP) is 3.15. The SMILES string of the molecule is COc1ccc(Br)c(CS(=O)(=O)c2ccc(N)c(F)c2)c1. The number of ether oxygens (including phenoxy) is 1. The molecule has 0 unspecified atom stereocenters. The van der Waals surface area contributed by atoms with Gasteiger partial charge in [-0.05, 0) is 42.0 Å². The Balaban J connectivity index is 2.39. The Kier molecular flexibility index (Phi) is 4.53. The molecule has 0 aliphatic carbocycles. The fourth-order valence-electron chi connectivity index (χ4n) is 1.78. The Bertz CT molecular complexity index is 778. The van der Waals surface area contributed by atoms with Gasteiger partial charge in [0.1, 0.15) is 11.6 Å². The molecule has 0 radical (unpaired) electrons. The number of sulfone groups is 1. The van der Waals surface area contributed by atoms with Gasteiger partial charge in [-0.25, -0.2) is 12.8 Å². The van der Waals surface area contributed by atoms with Crippen LogP contribution >= 0.6 is 15.9 Å². The summed E-state index contributed by atoms with van der Waals surface area (Å²) in [5, 5.41) is 0. The first kappa shape index (κ1) is 15.8. The molecule has 0 bridgehead atoms. The van der Waals surface area contributed by atoms with Crippen molar-refractivity contribution in [3.05, 3.63) is 52.3 Å². The lowest BCUT2D eigenvalue weighted by Gasteiger charge is -2.09. The second kappa shape index (κ2) is 6.03. The van der Waals surface area contributed by atoms with E-state index in [0.29, 0.717) is 15.8 Å². The summed E-state index contributed by atoms with van der Waals surface area (Å²) in [6.45, 7) is 0. The van der Waals surface area contributed by atoms with E-state index in [9.17, 15) is 12.8 Å². The third-order valence-electron chi connectivity index (χ3n) is 2.93. The van der Waals surface area contributed by atoms with Crippen LogP contribution in [0.2, 0.25) is 0 Å². The van der Waals surface area contributed by atoms with Crippen molar-refractivity contribution < 1.29 is 17.5 Å². The highest BCUT2D eigenvalue weighted by molar-refractivity contribution is 9.10. The van der Waals surface area contributed by atoms with Gasteiger partial charge in [-0.1, -0.05) is 15.9 Å². The summed E-state index contributed by atoms with van der Waals surface area (Å²) in [5.41, 5.74) is 5.80. The third-order valence-corrected chi connectivity index (χ3v) is 5.37. The zero-order chi connectivity index (χ0) is 15.6. The zero-order valence-corrected chi connectivity index (χ0v) is 13.5. The van der Waals surface area contributed by atoms with E-state index in [1.807, 2.05) is 0 Å². The highest BCUT2D eigenvalue weighted by Crippen LogP contribution is 2.27. The third kappa shape index (κ3) is 3.54. The molecular formula is C14H13BrFNO3S. The Morgan fingerprint density at radius 1 is 1.24 bits per heavy atom. The average Bonchev–Trinajstić information content (AvgIpc) is 2.44. The largest absolute Gasteiger partial charge is 0.497 e. The highest BCUT2D eigenvalue weighted by atomic mass is 79.9. The summed E-state index contributed by atoms with van der Waals surface area (Å²) in [5.74, 6) is -0.471. The molecule has 0 aliphatic rings. The van der Waals surface area contributed by atoms with E-state index in [-0.39, 0.29) is 16.3 Å². The van der Waals surface area contributed by atoms with Crippen molar-refractivity contribution in [2.24, 2.45) is 0 Å². The van der Waals surface area contributed by atoms with Crippen LogP contribution in [0.5, 0.6) is 5.75 Å². The minimum absolute atomic E-state index is 0.0866. The van der Waals surface area contributed by atoms with Gasteiger partial charge in [0.2, 0.25) is 0 Å². The van der Waals surface area contributed by atoms with E-state index in [2.05, 4.69) is 15.9 Å². The van der Waals surface area contributed by atoms with E-state index in [0.717, 1.165) is 6.07 Å². The van der Waals surface area contributed by atoms with Crippen molar-refractivity contribution in [3.63, 3.8) is 0 Å². The number of nitrogen functional groups attached to an aromatic ring is 1. The Hall–Kier alpha value is -1.60. The molecular weight excluding hydrogens is 361 g/mol. The molecule has 0 spiro atoms. The lowest BCUT2D eigenvalue weighted by Crippen LogP contribution is -2.07. The summed E-state index contributed by atoms with van der Waals surface area (Å²) < 4.78 is 43.8. The summed E-state index contributed by atoms with van der Waals surface area (Å²) in [4.78, 5) is -0.107. The van der Waals surface area contributed by atoms with Crippen LogP contribution in [0.1, 0.15) is 5.56 Å². The molecule has 2 N–H and O–H groups in total. The summed E-state index contributed by atoms with van der Waals surface area (Å²) in [6, 6.07) is 8.50. The molecule has 2 aromatic carbocycles. The van der Waals surface area contributed by atoms with Crippen molar-refractivity contribution in [3.8, 4) is 5.75 Å². The molecule has 21 heavy (non-hydrogen) atoms. The second-order valence-corrected chi connectivity index (χ2v) is 7.24. The van der Waals surface area contributed by atoms with Crippen molar-refractivity contribution in [2.45, 2.75) is 10.6 Å². The molecule has 0 amide bonds. The van der Waals surface area contributed by atoms with Crippen molar-refractivity contribution in [2.75, 3.05) is 12.8 Å². The molecule has 0 heterocycles. The first-order chi connectivity index (χ1) is 9.83. The van der Waals surface area contributed by atoms with Gasteiger partial charge < -0.3 is 10.5 Å². The maximum absolute atomic E-state index is 13.4. The van der Waals surface area contributed by atoms with Crippen LogP contribution < -0.4 is 10.5 Å². The first-order valence-corrected chi connectivity index (χ1v) is 8.38. The molecule has 0 saturated carbocycles. The van der Waals surface area contributed by atoms with Gasteiger partial charge in [0.05, 0.1) is 23.4 Å². The minimum atomic E-state index is -3.68. The van der Waals surface area contributed by atoms with Crippen LogP contribution in [0.25, 0.3) is 0 Å². The van der Waals surface area contributed by atoms with Gasteiger partial charge in [-0.2, -0.15) is 0 Å². The number of benzene rings is 2. The Morgan fingerprint density at radius 2 is 1.95 bits per heavy atom. The molecule has 4 nitrogen and oxygen atoms in total. The van der Waals surface area contributed by atoms with Crippen LogP contribution in [-0.2, 0) is 15.6 Å². The first-order valence-electron chi connectivity index (χ1n) is 5.93. The van der Waals surface area contributed by atoms with Gasteiger partial charge in [-0.15, -0.1) is 0 Å². The maximum atomic E-state index is 13.4. The number of hydrogen-bond acceptors (Lipinski definition) is 4. The van der Waals surface area contributed by atoms with Crippen LogP contribution in [-0.4, -0.2) is 15.5 Å². The fraction of sp³-hybridized carbons (Fsp3) is 0.143. The molecule has 2 rings (SSSR count). The molecule has 112 valence electrons. The van der Waals surface area contributed by atoms with Gasteiger partial charge in [0, 0.05) is 4.47 Å². The smallest absolute Gasteiger partial charge is 0.182 e. The summed E-state index contributed by atoms with van der Waals surface area (Å²) in [6.07, 6.45) is 0. The number of hydrogen-bond donors (Lipinski definition) is 1. The molecule has 0 saturated heterocycles. The molecule has 0 aliphatic heterocycles. The monoisotopic (exact) mass is 373 g/mol. The van der Waals surface area contributed by atoms with Gasteiger partial charge in [0.15, 0.2) is 9.84 Å². The van der Waals surface area contributed by atoms with E-state index in [1.54, 1.807) is 18.2 Å². The standard InChI is InChI=1S/C14H13BrFNO3S/c1-20-10-2-4-12(15)9(6-10)8-21(18,19)11-3-5-14(17)13(16)7-11/h2-7H,8,17H2,1H3. The van der Waals surface area contributed by atoms with Gasteiger partial charge >= 0.3 is 0 Å². The van der Waals surface area contributed by atoms with Crippen molar-refractivity contribution in [1.82, 2.24) is 0 Å².